The third kappa shape index (κ3) is 4.74. The van der Waals surface area contributed by atoms with Gasteiger partial charge in [0.2, 0.25) is 5.91 Å². The lowest BCUT2D eigenvalue weighted by molar-refractivity contribution is -0.122. The van der Waals surface area contributed by atoms with Crippen LogP contribution in [0.5, 0.6) is 0 Å². The van der Waals surface area contributed by atoms with E-state index in [2.05, 4.69) is 10.4 Å². The first-order chi connectivity index (χ1) is 11.8. The predicted octanol–water partition coefficient (Wildman–Crippen LogP) is 2.24. The smallest absolute Gasteiger partial charge is 0.410 e. The minimum Gasteiger partial charge on any atom is -0.444 e. The van der Waals surface area contributed by atoms with E-state index in [0.717, 1.165) is 24.1 Å². The standard InChI is InChI=1S/C18H28N4O3/c1-18(2,3)25-17(24)21-9-8-15-13(10-21)11-22(20-15)12-16(23)19-14-6-4-5-7-14/h11,14H,4-10,12H2,1-3H3,(H,19,23). The fraction of sp³-hybridized carbons (Fsp3) is 0.722. The van der Waals surface area contributed by atoms with Crippen LogP contribution in [0.25, 0.3) is 0 Å². The number of amides is 2. The number of nitrogens with zero attached hydrogens (tertiary/aromatic N) is 3. The van der Waals surface area contributed by atoms with Crippen LogP contribution in [0.2, 0.25) is 0 Å². The summed E-state index contributed by atoms with van der Waals surface area (Å²) in [4.78, 5) is 26.1. The van der Waals surface area contributed by atoms with Crippen LogP contribution in [-0.4, -0.2) is 44.9 Å². The molecule has 7 nitrogen and oxygen atoms in total. The summed E-state index contributed by atoms with van der Waals surface area (Å²) in [5.41, 5.74) is 1.46. The van der Waals surface area contributed by atoms with Gasteiger partial charge in [-0.15, -0.1) is 0 Å². The van der Waals surface area contributed by atoms with Crippen molar-refractivity contribution >= 4 is 12.0 Å². The molecule has 0 unspecified atom stereocenters. The van der Waals surface area contributed by atoms with Crippen molar-refractivity contribution in [2.75, 3.05) is 6.54 Å². The molecule has 2 heterocycles. The molecular formula is C18H28N4O3. The first-order valence-corrected chi connectivity index (χ1v) is 9.13. The monoisotopic (exact) mass is 348 g/mol. The Hall–Kier alpha value is -2.05. The highest BCUT2D eigenvalue weighted by Crippen LogP contribution is 2.20. The first-order valence-electron chi connectivity index (χ1n) is 9.13. The molecule has 1 aromatic rings. The Bertz CT molecular complexity index is 641. The van der Waals surface area contributed by atoms with Crippen molar-refractivity contribution in [2.45, 2.75) is 77.6 Å². The molecule has 0 aromatic carbocycles. The fourth-order valence-electron chi connectivity index (χ4n) is 3.42. The molecule has 0 radical (unpaired) electrons. The van der Waals surface area contributed by atoms with Crippen LogP contribution < -0.4 is 5.32 Å². The average molecular weight is 348 g/mol. The molecule has 0 saturated heterocycles. The summed E-state index contributed by atoms with van der Waals surface area (Å²) in [6.45, 7) is 6.89. The second kappa shape index (κ2) is 7.06. The van der Waals surface area contributed by atoms with Crippen LogP contribution in [0.3, 0.4) is 0 Å². The average Bonchev–Trinajstić information content (AvgIpc) is 3.13. The summed E-state index contributed by atoms with van der Waals surface area (Å²) in [5.74, 6) is 0.00995. The van der Waals surface area contributed by atoms with E-state index in [4.69, 9.17) is 4.74 Å². The Morgan fingerprint density at radius 1 is 1.32 bits per heavy atom. The van der Waals surface area contributed by atoms with E-state index >= 15 is 0 Å². The van der Waals surface area contributed by atoms with Gasteiger partial charge in [-0.2, -0.15) is 5.10 Å². The number of hydrogen-bond donors (Lipinski definition) is 1. The second-order valence-corrected chi connectivity index (χ2v) is 8.00. The zero-order valence-corrected chi connectivity index (χ0v) is 15.4. The lowest BCUT2D eigenvalue weighted by Crippen LogP contribution is -2.39. The van der Waals surface area contributed by atoms with Crippen LogP contribution in [0.15, 0.2) is 6.20 Å². The number of aromatic nitrogens is 2. The van der Waals surface area contributed by atoms with Crippen molar-refractivity contribution in [3.63, 3.8) is 0 Å². The number of hydrogen-bond acceptors (Lipinski definition) is 4. The van der Waals surface area contributed by atoms with Crippen molar-refractivity contribution in [3.8, 4) is 0 Å². The highest BCUT2D eigenvalue weighted by Gasteiger charge is 2.27. The molecule has 1 aromatic heterocycles. The Morgan fingerprint density at radius 3 is 2.72 bits per heavy atom. The lowest BCUT2D eigenvalue weighted by Gasteiger charge is -2.29. The molecular weight excluding hydrogens is 320 g/mol. The minimum atomic E-state index is -0.500. The summed E-state index contributed by atoms with van der Waals surface area (Å²) in [7, 11) is 0. The predicted molar refractivity (Wildman–Crippen MR) is 93.0 cm³/mol. The Labute approximate surface area is 148 Å². The molecule has 7 heteroatoms. The molecule has 25 heavy (non-hydrogen) atoms. The number of nitrogens with one attached hydrogen (secondary N) is 1. The zero-order chi connectivity index (χ0) is 18.0. The normalized spacial score (nSPS) is 18.1. The molecule has 0 atom stereocenters. The summed E-state index contributed by atoms with van der Waals surface area (Å²) < 4.78 is 7.12. The third-order valence-electron chi connectivity index (χ3n) is 4.58. The quantitative estimate of drug-likeness (QED) is 0.909. The van der Waals surface area contributed by atoms with E-state index in [0.29, 0.717) is 25.6 Å². The molecule has 2 aliphatic rings. The SMILES string of the molecule is CC(C)(C)OC(=O)N1CCc2nn(CC(=O)NC3CCCC3)cc2C1. The van der Waals surface area contributed by atoms with Gasteiger partial charge in [0.1, 0.15) is 12.1 Å². The lowest BCUT2D eigenvalue weighted by atomic mass is 10.1. The number of carbonyl (C=O) groups is 2. The van der Waals surface area contributed by atoms with Gasteiger partial charge in [0, 0.05) is 30.8 Å². The van der Waals surface area contributed by atoms with Gasteiger partial charge >= 0.3 is 6.09 Å². The highest BCUT2D eigenvalue weighted by molar-refractivity contribution is 5.76. The summed E-state index contributed by atoms with van der Waals surface area (Å²) >= 11 is 0. The van der Waals surface area contributed by atoms with Crippen LogP contribution in [0.1, 0.15) is 57.7 Å². The Morgan fingerprint density at radius 2 is 2.04 bits per heavy atom. The summed E-state index contributed by atoms with van der Waals surface area (Å²) in [6, 6.07) is 0.320. The van der Waals surface area contributed by atoms with Crippen molar-refractivity contribution < 1.29 is 14.3 Å². The number of ether oxygens (including phenoxy) is 1. The largest absolute Gasteiger partial charge is 0.444 e. The topological polar surface area (TPSA) is 76.5 Å². The van der Waals surface area contributed by atoms with E-state index in [-0.39, 0.29) is 18.5 Å². The van der Waals surface area contributed by atoms with Crippen molar-refractivity contribution in [3.05, 3.63) is 17.5 Å². The maximum atomic E-state index is 12.2. The fourth-order valence-corrected chi connectivity index (χ4v) is 3.42. The summed E-state index contributed by atoms with van der Waals surface area (Å²) in [5, 5.41) is 7.59. The molecule has 3 rings (SSSR count). The zero-order valence-electron chi connectivity index (χ0n) is 15.4. The van der Waals surface area contributed by atoms with Gasteiger partial charge in [-0.25, -0.2) is 4.79 Å². The molecule has 1 saturated carbocycles. The van der Waals surface area contributed by atoms with Gasteiger partial charge in [0.15, 0.2) is 0 Å². The van der Waals surface area contributed by atoms with Gasteiger partial charge in [0.05, 0.1) is 12.2 Å². The Balaban J connectivity index is 1.57. The van der Waals surface area contributed by atoms with Gasteiger partial charge in [-0.1, -0.05) is 12.8 Å². The van der Waals surface area contributed by atoms with Crippen molar-refractivity contribution in [1.82, 2.24) is 20.0 Å². The van der Waals surface area contributed by atoms with Gasteiger partial charge < -0.3 is 15.0 Å². The minimum absolute atomic E-state index is 0.00995. The van der Waals surface area contributed by atoms with E-state index in [1.165, 1.54) is 12.8 Å². The molecule has 2 amide bonds. The van der Waals surface area contributed by atoms with E-state index in [9.17, 15) is 9.59 Å². The summed E-state index contributed by atoms with van der Waals surface area (Å²) in [6.07, 6.45) is 6.80. The Kier molecular flexibility index (Phi) is 5.01. The third-order valence-corrected chi connectivity index (χ3v) is 4.58. The van der Waals surface area contributed by atoms with E-state index < -0.39 is 5.60 Å². The van der Waals surface area contributed by atoms with Gasteiger partial charge in [-0.3, -0.25) is 9.48 Å². The molecule has 0 spiro atoms. The van der Waals surface area contributed by atoms with E-state index in [1.807, 2.05) is 27.0 Å². The van der Waals surface area contributed by atoms with E-state index in [1.54, 1.807) is 9.58 Å². The van der Waals surface area contributed by atoms with Gasteiger partial charge in [0.25, 0.3) is 0 Å². The molecule has 138 valence electrons. The molecule has 1 aliphatic carbocycles. The second-order valence-electron chi connectivity index (χ2n) is 8.00. The number of fused-ring (bicyclic) bond motifs is 1. The molecule has 1 aliphatic heterocycles. The maximum Gasteiger partial charge on any atom is 0.410 e. The van der Waals surface area contributed by atoms with Crippen LogP contribution in [0.4, 0.5) is 4.79 Å². The highest BCUT2D eigenvalue weighted by atomic mass is 16.6. The van der Waals surface area contributed by atoms with Gasteiger partial charge in [-0.05, 0) is 33.6 Å². The first kappa shape index (κ1) is 17.8. The van der Waals surface area contributed by atoms with Crippen molar-refractivity contribution in [2.24, 2.45) is 0 Å². The number of carbonyl (C=O) groups excluding carboxylic acids is 2. The van der Waals surface area contributed by atoms with Crippen LogP contribution in [-0.2, 0) is 29.0 Å². The maximum absolute atomic E-state index is 12.2. The molecule has 0 bridgehead atoms. The molecule has 1 N–H and O–H groups in total. The van der Waals surface area contributed by atoms with Crippen molar-refractivity contribution in [1.29, 1.82) is 0 Å². The number of rotatable bonds is 3. The molecule has 1 fully saturated rings. The van der Waals surface area contributed by atoms with Crippen LogP contribution >= 0.6 is 0 Å². The van der Waals surface area contributed by atoms with Crippen LogP contribution in [0, 0.1) is 0 Å².